The Morgan fingerprint density at radius 2 is 2.13 bits per heavy atom. The Balaban J connectivity index is 1.38. The molecule has 156 valence electrons. The van der Waals surface area contributed by atoms with E-state index in [9.17, 15) is 9.18 Å². The van der Waals surface area contributed by atoms with Crippen LogP contribution in [0.3, 0.4) is 0 Å². The van der Waals surface area contributed by atoms with Crippen LogP contribution in [0.1, 0.15) is 46.5 Å². The Morgan fingerprint density at radius 1 is 1.23 bits per heavy atom. The van der Waals surface area contributed by atoms with Gasteiger partial charge in [-0.15, -0.1) is 10.2 Å². The number of pyridine rings is 1. The molecular formula is C21H19FN8O. The van der Waals surface area contributed by atoms with E-state index < -0.39 is 0 Å². The number of carbonyl (C=O) groups excluding carboxylic acids is 1. The standard InChI is InChI=1S/C21H19FN8O/c22-13-2-1-8-30-17(13)10-16(28-30)20-19-14(23-11-24-19)7-9-29(20)18-6-5-15(26-27-18)21(31)25-12-3-4-12/h1-2,5-6,8,10-12,20H,3-4,7,9H2,(H,23,24)(H,25,31)/t20-/m0/s1. The average Bonchev–Trinajstić information content (AvgIpc) is 3.29. The molecule has 2 aliphatic rings. The quantitative estimate of drug-likeness (QED) is 0.526. The molecule has 2 N–H and O–H groups in total. The highest BCUT2D eigenvalue weighted by atomic mass is 19.1. The zero-order valence-electron chi connectivity index (χ0n) is 16.5. The second kappa shape index (κ2) is 6.86. The molecule has 4 aromatic rings. The first kappa shape index (κ1) is 18.0. The number of nitrogens with one attached hydrogen (secondary N) is 2. The van der Waals surface area contributed by atoms with Crippen molar-refractivity contribution in [2.75, 3.05) is 11.4 Å². The van der Waals surface area contributed by atoms with Gasteiger partial charge in [-0.05, 0) is 43.2 Å². The number of rotatable bonds is 4. The first-order valence-corrected chi connectivity index (χ1v) is 10.2. The normalized spacial score (nSPS) is 18.2. The maximum atomic E-state index is 14.3. The fourth-order valence-electron chi connectivity index (χ4n) is 4.04. The Kier molecular flexibility index (Phi) is 3.98. The van der Waals surface area contributed by atoms with Gasteiger partial charge in [0.05, 0.1) is 17.7 Å². The predicted octanol–water partition coefficient (Wildman–Crippen LogP) is 2.03. The average molecular weight is 418 g/mol. The molecule has 1 aliphatic carbocycles. The minimum atomic E-state index is -0.352. The summed E-state index contributed by atoms with van der Waals surface area (Å²) in [6.45, 7) is 0.651. The summed E-state index contributed by atoms with van der Waals surface area (Å²) >= 11 is 0. The van der Waals surface area contributed by atoms with Gasteiger partial charge in [0.2, 0.25) is 0 Å². The molecule has 0 aromatic carbocycles. The number of imidazole rings is 1. The molecule has 4 aromatic heterocycles. The Labute approximate surface area is 176 Å². The highest BCUT2D eigenvalue weighted by Crippen LogP contribution is 2.36. The summed E-state index contributed by atoms with van der Waals surface area (Å²) in [6.07, 6.45) is 6.15. The second-order valence-corrected chi connectivity index (χ2v) is 7.89. The van der Waals surface area contributed by atoms with E-state index in [2.05, 4.69) is 30.6 Å². The lowest BCUT2D eigenvalue weighted by atomic mass is 9.99. The van der Waals surface area contributed by atoms with Crippen LogP contribution in [0.5, 0.6) is 0 Å². The van der Waals surface area contributed by atoms with Crippen molar-refractivity contribution in [3.63, 3.8) is 0 Å². The van der Waals surface area contributed by atoms with Crippen LogP contribution in [0.25, 0.3) is 5.52 Å². The van der Waals surface area contributed by atoms with Gasteiger partial charge in [0.15, 0.2) is 11.5 Å². The third kappa shape index (κ3) is 3.11. The van der Waals surface area contributed by atoms with E-state index in [0.717, 1.165) is 30.7 Å². The number of hydrogen-bond acceptors (Lipinski definition) is 6. The number of hydrogen-bond donors (Lipinski definition) is 2. The van der Waals surface area contributed by atoms with Gasteiger partial charge in [-0.25, -0.2) is 13.9 Å². The summed E-state index contributed by atoms with van der Waals surface area (Å²) in [4.78, 5) is 22.0. The van der Waals surface area contributed by atoms with Crippen LogP contribution in [0, 0.1) is 5.82 Å². The topological polar surface area (TPSA) is 104 Å². The summed E-state index contributed by atoms with van der Waals surface area (Å²) in [5.74, 6) is 0.0676. The first-order valence-electron chi connectivity index (χ1n) is 10.2. The van der Waals surface area contributed by atoms with Crippen LogP contribution >= 0.6 is 0 Å². The molecule has 6 rings (SSSR count). The minimum Gasteiger partial charge on any atom is -0.348 e. The summed E-state index contributed by atoms with van der Waals surface area (Å²) in [5, 5.41) is 16.0. The third-order valence-electron chi connectivity index (χ3n) is 5.76. The molecule has 0 bridgehead atoms. The van der Waals surface area contributed by atoms with Crippen LogP contribution in [-0.2, 0) is 6.42 Å². The number of H-pyrrole nitrogens is 1. The van der Waals surface area contributed by atoms with Crippen molar-refractivity contribution in [3.05, 3.63) is 71.4 Å². The molecule has 31 heavy (non-hydrogen) atoms. The van der Waals surface area contributed by atoms with E-state index >= 15 is 0 Å². The first-order chi connectivity index (χ1) is 15.2. The van der Waals surface area contributed by atoms with E-state index in [-0.39, 0.29) is 23.8 Å². The van der Waals surface area contributed by atoms with Gasteiger partial charge in [0.25, 0.3) is 5.91 Å². The number of amides is 1. The molecule has 5 heterocycles. The zero-order valence-corrected chi connectivity index (χ0v) is 16.5. The van der Waals surface area contributed by atoms with Crippen molar-refractivity contribution in [3.8, 4) is 0 Å². The number of nitrogens with zero attached hydrogens (tertiary/aromatic N) is 6. The Hall–Kier alpha value is -3.82. The Bertz CT molecular complexity index is 1280. The molecule has 9 nitrogen and oxygen atoms in total. The maximum absolute atomic E-state index is 14.3. The lowest BCUT2D eigenvalue weighted by Crippen LogP contribution is -2.37. The number of aromatic nitrogens is 6. The van der Waals surface area contributed by atoms with Gasteiger partial charge < -0.3 is 15.2 Å². The van der Waals surface area contributed by atoms with Gasteiger partial charge >= 0.3 is 0 Å². The van der Waals surface area contributed by atoms with Gasteiger partial charge in [0, 0.05) is 30.9 Å². The Morgan fingerprint density at radius 3 is 2.90 bits per heavy atom. The highest BCUT2D eigenvalue weighted by molar-refractivity contribution is 5.92. The van der Waals surface area contributed by atoms with E-state index in [0.29, 0.717) is 29.3 Å². The molecule has 10 heteroatoms. The molecule has 1 aliphatic heterocycles. The van der Waals surface area contributed by atoms with Gasteiger partial charge in [-0.3, -0.25) is 4.79 Å². The summed E-state index contributed by atoms with van der Waals surface area (Å²) < 4.78 is 15.8. The molecule has 1 saturated carbocycles. The smallest absolute Gasteiger partial charge is 0.272 e. The van der Waals surface area contributed by atoms with Crippen molar-refractivity contribution in [1.29, 1.82) is 0 Å². The van der Waals surface area contributed by atoms with E-state index in [1.165, 1.54) is 10.6 Å². The molecule has 0 saturated heterocycles. The van der Waals surface area contributed by atoms with E-state index in [4.69, 9.17) is 0 Å². The minimum absolute atomic E-state index is 0.206. The monoisotopic (exact) mass is 418 g/mol. The van der Waals surface area contributed by atoms with Crippen LogP contribution < -0.4 is 10.2 Å². The molecule has 1 atom stereocenters. The number of halogens is 1. The lowest BCUT2D eigenvalue weighted by Gasteiger charge is -2.34. The highest BCUT2D eigenvalue weighted by Gasteiger charge is 2.34. The maximum Gasteiger partial charge on any atom is 0.272 e. The van der Waals surface area contributed by atoms with Crippen molar-refractivity contribution >= 4 is 17.2 Å². The molecule has 0 radical (unpaired) electrons. The van der Waals surface area contributed by atoms with Crippen molar-refractivity contribution < 1.29 is 9.18 Å². The van der Waals surface area contributed by atoms with Crippen LogP contribution in [0.15, 0.2) is 42.9 Å². The second-order valence-electron chi connectivity index (χ2n) is 7.89. The van der Waals surface area contributed by atoms with Gasteiger partial charge in [0.1, 0.15) is 17.4 Å². The lowest BCUT2D eigenvalue weighted by molar-refractivity contribution is 0.0945. The van der Waals surface area contributed by atoms with Gasteiger partial charge in [-0.2, -0.15) is 5.10 Å². The van der Waals surface area contributed by atoms with Crippen molar-refractivity contribution in [2.24, 2.45) is 0 Å². The summed E-state index contributed by atoms with van der Waals surface area (Å²) in [6, 6.07) is 8.15. The zero-order chi connectivity index (χ0) is 20.9. The number of carbonyl (C=O) groups is 1. The van der Waals surface area contributed by atoms with Crippen LogP contribution in [0.2, 0.25) is 0 Å². The largest absolute Gasteiger partial charge is 0.348 e. The summed E-state index contributed by atoms with van der Waals surface area (Å²) in [7, 11) is 0. The number of aromatic amines is 1. The molecule has 1 fully saturated rings. The molecule has 0 spiro atoms. The van der Waals surface area contributed by atoms with Crippen molar-refractivity contribution in [1.82, 2.24) is 35.1 Å². The number of fused-ring (bicyclic) bond motifs is 2. The molecular weight excluding hydrogens is 399 g/mol. The van der Waals surface area contributed by atoms with Crippen LogP contribution in [0.4, 0.5) is 10.2 Å². The van der Waals surface area contributed by atoms with Crippen LogP contribution in [-0.4, -0.2) is 48.3 Å². The summed E-state index contributed by atoms with van der Waals surface area (Å²) in [5.41, 5.74) is 3.20. The fraction of sp³-hybridized carbons (Fsp3) is 0.286. The number of anilines is 1. The van der Waals surface area contributed by atoms with E-state index in [1.807, 2.05) is 4.90 Å². The van der Waals surface area contributed by atoms with Crippen molar-refractivity contribution in [2.45, 2.75) is 31.3 Å². The third-order valence-corrected chi connectivity index (χ3v) is 5.76. The fourth-order valence-corrected chi connectivity index (χ4v) is 4.04. The molecule has 1 amide bonds. The predicted molar refractivity (Wildman–Crippen MR) is 109 cm³/mol. The molecule has 0 unspecified atom stereocenters. The van der Waals surface area contributed by atoms with E-state index in [1.54, 1.807) is 36.8 Å². The SMILES string of the molecule is O=C(NC1CC1)c1ccc(N2CCc3[nH]cnc3[C@@H]2c2cc3c(F)cccn3n2)nn1. The van der Waals surface area contributed by atoms with Gasteiger partial charge in [-0.1, -0.05) is 0 Å².